The first-order valence-electron chi connectivity index (χ1n) is 10.8. The van der Waals surface area contributed by atoms with Crippen molar-refractivity contribution in [2.75, 3.05) is 32.7 Å². The van der Waals surface area contributed by atoms with Crippen molar-refractivity contribution in [2.45, 2.75) is 59.5 Å². The van der Waals surface area contributed by atoms with E-state index >= 15 is 0 Å². The zero-order chi connectivity index (χ0) is 21.2. The van der Waals surface area contributed by atoms with Crippen molar-refractivity contribution >= 4 is 35.8 Å². The number of aryl methyl sites for hydroxylation is 2. The lowest BCUT2D eigenvalue weighted by Gasteiger charge is -2.32. The molecule has 7 nitrogen and oxygen atoms in total. The lowest BCUT2D eigenvalue weighted by Crippen LogP contribution is -2.50. The summed E-state index contributed by atoms with van der Waals surface area (Å²) in [7, 11) is 0. The molecule has 1 aromatic rings. The summed E-state index contributed by atoms with van der Waals surface area (Å²) in [6.07, 6.45) is 2.94. The van der Waals surface area contributed by atoms with Crippen LogP contribution in [0, 0.1) is 13.8 Å². The number of hydrogen-bond donors (Lipinski definition) is 4. The maximum Gasteiger partial charge on any atom is 0.234 e. The molecule has 8 heteroatoms. The maximum atomic E-state index is 11.9. The van der Waals surface area contributed by atoms with Crippen LogP contribution >= 0.6 is 24.0 Å². The molecule has 0 bridgehead atoms. The predicted molar refractivity (Wildman–Crippen MR) is 134 cm³/mol. The summed E-state index contributed by atoms with van der Waals surface area (Å²) in [5, 5.41) is 19.7. The van der Waals surface area contributed by atoms with E-state index in [2.05, 4.69) is 34.7 Å². The zero-order valence-electron chi connectivity index (χ0n) is 18.8. The van der Waals surface area contributed by atoms with Crippen LogP contribution in [0.1, 0.15) is 49.8 Å². The molecule has 2 rings (SSSR count). The predicted octanol–water partition coefficient (Wildman–Crippen LogP) is 2.67. The van der Waals surface area contributed by atoms with Crippen LogP contribution in [0.3, 0.4) is 0 Å². The highest BCUT2D eigenvalue weighted by atomic mass is 127. The van der Waals surface area contributed by atoms with Crippen LogP contribution in [0.5, 0.6) is 5.75 Å². The number of rotatable bonds is 8. The fraction of sp³-hybridized carbons (Fsp3) is 0.636. The number of halogens is 1. The molecule has 0 aromatic heterocycles. The molecule has 1 fully saturated rings. The van der Waals surface area contributed by atoms with E-state index in [9.17, 15) is 9.90 Å². The molecular weight excluding hydrogens is 493 g/mol. The first-order chi connectivity index (χ1) is 13.9. The minimum absolute atomic E-state index is 0. The molecule has 0 aliphatic carbocycles. The Balaban J connectivity index is 0.00000450. The van der Waals surface area contributed by atoms with Crippen molar-refractivity contribution in [3.05, 3.63) is 28.8 Å². The fourth-order valence-electron chi connectivity index (χ4n) is 3.58. The molecule has 0 atom stereocenters. The van der Waals surface area contributed by atoms with Crippen molar-refractivity contribution in [1.29, 1.82) is 0 Å². The van der Waals surface area contributed by atoms with Gasteiger partial charge in [0.25, 0.3) is 0 Å². The highest BCUT2D eigenvalue weighted by Crippen LogP contribution is 2.23. The van der Waals surface area contributed by atoms with E-state index in [1.807, 2.05) is 26.0 Å². The van der Waals surface area contributed by atoms with Crippen molar-refractivity contribution in [3.8, 4) is 5.75 Å². The number of guanidine groups is 1. The number of aliphatic imine (C=N–C) groups is 1. The Morgan fingerprint density at radius 2 is 1.80 bits per heavy atom. The molecule has 4 N–H and O–H groups in total. The number of hydrogen-bond acceptors (Lipinski definition) is 4. The Labute approximate surface area is 198 Å². The van der Waals surface area contributed by atoms with Gasteiger partial charge in [-0.05, 0) is 56.7 Å². The van der Waals surface area contributed by atoms with Gasteiger partial charge in [-0.25, -0.2) is 4.99 Å². The van der Waals surface area contributed by atoms with Gasteiger partial charge >= 0.3 is 0 Å². The third-order valence-corrected chi connectivity index (χ3v) is 5.18. The summed E-state index contributed by atoms with van der Waals surface area (Å²) in [5.74, 6) is 1.29. The lowest BCUT2D eigenvalue weighted by atomic mass is 10.1. The van der Waals surface area contributed by atoms with Crippen molar-refractivity contribution in [2.24, 2.45) is 4.99 Å². The number of likely N-dealkylation sites (tertiary alicyclic amines) is 1. The van der Waals surface area contributed by atoms with E-state index in [1.165, 1.54) is 0 Å². The van der Waals surface area contributed by atoms with Gasteiger partial charge in [0.05, 0.1) is 13.1 Å². The third-order valence-electron chi connectivity index (χ3n) is 5.18. The molecule has 0 spiro atoms. The van der Waals surface area contributed by atoms with Gasteiger partial charge in [0.1, 0.15) is 5.75 Å². The number of nitrogens with one attached hydrogen (secondary N) is 3. The minimum Gasteiger partial charge on any atom is -0.507 e. The van der Waals surface area contributed by atoms with Crippen LogP contribution in [-0.4, -0.2) is 60.6 Å². The molecule has 0 saturated carbocycles. The summed E-state index contributed by atoms with van der Waals surface area (Å²) in [6.45, 7) is 12.4. The first-order valence-corrected chi connectivity index (χ1v) is 10.8. The van der Waals surface area contributed by atoms with Crippen LogP contribution in [-0.2, 0) is 11.3 Å². The second kappa shape index (κ2) is 13.7. The average Bonchev–Trinajstić information content (AvgIpc) is 2.70. The highest BCUT2D eigenvalue weighted by Gasteiger charge is 2.21. The highest BCUT2D eigenvalue weighted by molar-refractivity contribution is 14.0. The van der Waals surface area contributed by atoms with E-state index in [4.69, 9.17) is 4.99 Å². The van der Waals surface area contributed by atoms with Gasteiger partial charge in [-0.15, -0.1) is 24.0 Å². The second-order valence-electron chi connectivity index (χ2n) is 7.82. The SMILES string of the molecule is CCCNC(=O)CN1CCC(NC(=NCc2cc(C)c(O)c(C)c2)NCC)CC1.I. The second-order valence-corrected chi connectivity index (χ2v) is 7.82. The minimum atomic E-state index is 0. The van der Waals surface area contributed by atoms with Crippen LogP contribution in [0.2, 0.25) is 0 Å². The van der Waals surface area contributed by atoms with Crippen LogP contribution in [0.25, 0.3) is 0 Å². The Morgan fingerprint density at radius 3 is 2.37 bits per heavy atom. The molecule has 1 aliphatic heterocycles. The van der Waals surface area contributed by atoms with E-state index in [1.54, 1.807) is 0 Å². The molecule has 1 heterocycles. The number of amides is 1. The number of carbonyl (C=O) groups excluding carboxylic acids is 1. The molecule has 1 amide bonds. The first kappa shape index (κ1) is 26.5. The Kier molecular flexibility index (Phi) is 12.1. The molecule has 30 heavy (non-hydrogen) atoms. The van der Waals surface area contributed by atoms with Gasteiger partial charge in [-0.3, -0.25) is 9.69 Å². The smallest absolute Gasteiger partial charge is 0.234 e. The van der Waals surface area contributed by atoms with Gasteiger partial charge in [-0.2, -0.15) is 0 Å². The molecule has 0 unspecified atom stereocenters. The number of phenols is 1. The molecule has 1 aromatic carbocycles. The van der Waals surface area contributed by atoms with Gasteiger partial charge in [0, 0.05) is 32.2 Å². The molecule has 1 aliphatic rings. The van der Waals surface area contributed by atoms with E-state index < -0.39 is 0 Å². The number of aromatic hydroxyl groups is 1. The monoisotopic (exact) mass is 531 g/mol. The summed E-state index contributed by atoms with van der Waals surface area (Å²) < 4.78 is 0. The largest absolute Gasteiger partial charge is 0.507 e. The number of benzene rings is 1. The average molecular weight is 531 g/mol. The Morgan fingerprint density at radius 1 is 1.17 bits per heavy atom. The molecule has 0 radical (unpaired) electrons. The normalized spacial score (nSPS) is 15.4. The van der Waals surface area contributed by atoms with Gasteiger partial charge in [-0.1, -0.05) is 19.1 Å². The van der Waals surface area contributed by atoms with Crippen molar-refractivity contribution in [3.63, 3.8) is 0 Å². The zero-order valence-corrected chi connectivity index (χ0v) is 21.1. The number of nitrogens with zero attached hydrogens (tertiary/aromatic N) is 2. The van der Waals surface area contributed by atoms with Gasteiger partial charge in [0.15, 0.2) is 5.96 Å². The van der Waals surface area contributed by atoms with Crippen LogP contribution < -0.4 is 16.0 Å². The van der Waals surface area contributed by atoms with Gasteiger partial charge < -0.3 is 21.1 Å². The van der Waals surface area contributed by atoms with Crippen LogP contribution in [0.4, 0.5) is 0 Å². The van der Waals surface area contributed by atoms with Crippen molar-refractivity contribution < 1.29 is 9.90 Å². The topological polar surface area (TPSA) is 89.0 Å². The molecule has 170 valence electrons. The van der Waals surface area contributed by atoms with E-state index in [0.29, 0.717) is 24.9 Å². The number of carbonyl (C=O) groups is 1. The summed E-state index contributed by atoms with van der Waals surface area (Å²) in [4.78, 5) is 18.8. The molecule has 1 saturated heterocycles. The summed E-state index contributed by atoms with van der Waals surface area (Å²) >= 11 is 0. The Hall–Kier alpha value is -1.55. The number of piperidine rings is 1. The Bertz CT molecular complexity index is 680. The standard InChI is InChI=1S/C22H37N5O2.HI/c1-5-9-24-20(28)15-27-10-7-19(8-11-27)26-22(23-6-2)25-14-18-12-16(3)21(29)17(4)13-18;/h12-13,19,29H,5-11,14-15H2,1-4H3,(H,24,28)(H2,23,25,26);1H. The summed E-state index contributed by atoms with van der Waals surface area (Å²) in [6, 6.07) is 4.32. The van der Waals surface area contributed by atoms with E-state index in [-0.39, 0.29) is 29.9 Å². The third kappa shape index (κ3) is 8.67. The van der Waals surface area contributed by atoms with E-state index in [0.717, 1.165) is 68.1 Å². The quantitative estimate of drug-likeness (QED) is 0.236. The number of phenolic OH excluding ortho intramolecular Hbond substituents is 1. The molecular formula is C22H38IN5O2. The fourth-order valence-corrected chi connectivity index (χ4v) is 3.58. The van der Waals surface area contributed by atoms with Crippen LogP contribution in [0.15, 0.2) is 17.1 Å². The van der Waals surface area contributed by atoms with Gasteiger partial charge in [0.2, 0.25) is 5.91 Å². The summed E-state index contributed by atoms with van der Waals surface area (Å²) in [5.41, 5.74) is 2.84. The lowest BCUT2D eigenvalue weighted by molar-refractivity contribution is -0.122. The maximum absolute atomic E-state index is 11.9. The van der Waals surface area contributed by atoms with Crippen molar-refractivity contribution in [1.82, 2.24) is 20.9 Å².